The third-order valence-corrected chi connectivity index (χ3v) is 0. The summed E-state index contributed by atoms with van der Waals surface area (Å²) in [7, 11) is -9.89. The van der Waals surface area contributed by atoms with Gasteiger partial charge >= 0.3 is 34.1 Å². The third-order valence-electron chi connectivity index (χ3n) is 0. The van der Waals surface area contributed by atoms with Crippen LogP contribution in [0.4, 0.5) is 0 Å². The van der Waals surface area contributed by atoms with Crippen molar-refractivity contribution in [3.8, 4) is 0 Å². The molecular weight excluding hydrogens is 342 g/mol. The Bertz CT molecular complexity index is 58.6. The van der Waals surface area contributed by atoms with Gasteiger partial charge in [0.15, 0.2) is 0 Å². The van der Waals surface area contributed by atoms with Crippen LogP contribution in [0.3, 0.4) is 0 Å². The zero-order valence-electron chi connectivity index (χ0n) is 5.12. The molecule has 0 rings (SSSR count). The Labute approximate surface area is 97.3 Å². The molecular formula is H2Cl2Cu2O9+2. The summed E-state index contributed by atoms with van der Waals surface area (Å²) in [6, 6.07) is 0. The Kier molecular flexibility index (Phi) is 25.5. The molecule has 2 N–H and O–H groups in total. The largest absolute Gasteiger partial charge is 2.00 e. The van der Waals surface area contributed by atoms with Gasteiger partial charge in [0.25, 0.3) is 0 Å². The number of hydrogen-bond donors (Lipinski definition) is 0. The summed E-state index contributed by atoms with van der Waals surface area (Å²) < 4.78 is 67.9. The minimum Gasteiger partial charge on any atom is -0.412 e. The van der Waals surface area contributed by atoms with Crippen molar-refractivity contribution in [2.45, 2.75) is 0 Å². The van der Waals surface area contributed by atoms with E-state index >= 15 is 0 Å². The van der Waals surface area contributed by atoms with Gasteiger partial charge in [-0.1, -0.05) is 0 Å². The van der Waals surface area contributed by atoms with Gasteiger partial charge in [-0.3, -0.25) is 0 Å². The van der Waals surface area contributed by atoms with Crippen LogP contribution in [-0.2, 0) is 34.1 Å². The third kappa shape index (κ3) is 1060. The van der Waals surface area contributed by atoms with Gasteiger partial charge in [0.2, 0.25) is 0 Å². The van der Waals surface area contributed by atoms with E-state index in [9.17, 15) is 0 Å². The Morgan fingerprint density at radius 3 is 0.462 bits per heavy atom. The van der Waals surface area contributed by atoms with E-state index in [4.69, 9.17) is 37.3 Å². The van der Waals surface area contributed by atoms with Gasteiger partial charge in [0.1, 0.15) is 0 Å². The van der Waals surface area contributed by atoms with E-state index in [2.05, 4.69) is 0 Å². The van der Waals surface area contributed by atoms with Crippen molar-refractivity contribution in [2.75, 3.05) is 0 Å². The van der Waals surface area contributed by atoms with Gasteiger partial charge in [0, 0.05) is 0 Å². The van der Waals surface area contributed by atoms with Crippen molar-refractivity contribution in [3.05, 3.63) is 0 Å². The summed E-state index contributed by atoms with van der Waals surface area (Å²) in [5.41, 5.74) is 0. The molecule has 2 radical (unpaired) electrons. The molecule has 13 heavy (non-hydrogen) atoms. The van der Waals surface area contributed by atoms with E-state index < -0.39 is 20.5 Å². The fourth-order valence-electron chi connectivity index (χ4n) is 0. The summed E-state index contributed by atoms with van der Waals surface area (Å²) in [6.07, 6.45) is 0. The first-order valence-electron chi connectivity index (χ1n) is 1.23. The second-order valence-electron chi connectivity index (χ2n) is 0.756. The molecule has 0 atom stereocenters. The molecule has 0 spiro atoms. The molecule has 0 heterocycles. The molecule has 0 unspecified atom stereocenters. The summed E-state index contributed by atoms with van der Waals surface area (Å²) in [5, 5.41) is 0. The van der Waals surface area contributed by atoms with Crippen LogP contribution in [0.1, 0.15) is 0 Å². The van der Waals surface area contributed by atoms with Crippen LogP contribution in [0.5, 0.6) is 0 Å². The first-order valence-corrected chi connectivity index (χ1v) is 3.70. The topological polar surface area (TPSA) is 216 Å². The van der Waals surface area contributed by atoms with Crippen molar-refractivity contribution in [1.82, 2.24) is 0 Å². The van der Waals surface area contributed by atoms with Crippen molar-refractivity contribution >= 4 is 0 Å². The van der Waals surface area contributed by atoms with E-state index in [1.54, 1.807) is 0 Å². The number of halogens is 2. The molecule has 0 saturated carbocycles. The Hall–Kier alpha value is 1.26. The molecule has 0 aliphatic rings. The predicted octanol–water partition coefficient (Wildman–Crippen LogP) is -10.3. The molecule has 0 aliphatic carbocycles. The van der Waals surface area contributed by atoms with Crippen LogP contribution < -0.4 is 37.3 Å². The Morgan fingerprint density at radius 1 is 0.462 bits per heavy atom. The van der Waals surface area contributed by atoms with Crippen LogP contribution in [-0.4, -0.2) is 5.48 Å². The van der Waals surface area contributed by atoms with Crippen molar-refractivity contribution in [2.24, 2.45) is 0 Å². The summed E-state index contributed by atoms with van der Waals surface area (Å²) >= 11 is 0. The molecule has 0 aromatic rings. The summed E-state index contributed by atoms with van der Waals surface area (Å²) in [6.45, 7) is 0. The molecule has 0 amide bonds. The maximum atomic E-state index is 8.49. The molecule has 0 bridgehead atoms. The zero-order chi connectivity index (χ0) is 9.00. The Balaban J connectivity index is -0.0000000267. The standard InChI is InChI=1S/2ClHO4.2Cu.H2O/c2*2-1(3,4)5;;;/h2*(H,2,3,4,5);;;1H2/q;;2*+2;/p-2. The van der Waals surface area contributed by atoms with Crippen LogP contribution in [0.25, 0.3) is 0 Å². The van der Waals surface area contributed by atoms with Crippen molar-refractivity contribution in [3.63, 3.8) is 0 Å². The quantitative estimate of drug-likeness (QED) is 0.383. The van der Waals surface area contributed by atoms with Gasteiger partial charge in [-0.05, 0) is 0 Å². The second-order valence-corrected chi connectivity index (χ2v) is 2.27. The first kappa shape index (κ1) is 29.2. The van der Waals surface area contributed by atoms with Gasteiger partial charge in [-0.15, -0.1) is 20.5 Å². The maximum absolute atomic E-state index is 8.49. The van der Waals surface area contributed by atoms with Gasteiger partial charge in [0.05, 0.1) is 0 Å². The molecule has 13 heteroatoms. The molecule has 0 aromatic carbocycles. The normalized spacial score (nSPS) is 9.23. The maximum Gasteiger partial charge on any atom is 2.00 e. The van der Waals surface area contributed by atoms with Gasteiger partial charge < -0.3 is 5.48 Å². The van der Waals surface area contributed by atoms with E-state index in [1.807, 2.05) is 0 Å². The van der Waals surface area contributed by atoms with Gasteiger partial charge in [-0.2, -0.15) is 0 Å². The average Bonchev–Trinajstić information content (AvgIpc) is 1.12. The number of rotatable bonds is 0. The second kappa shape index (κ2) is 11.3. The first-order chi connectivity index (χ1) is 4.00. The van der Waals surface area contributed by atoms with Crippen LogP contribution in [0, 0.1) is 20.5 Å². The minimum atomic E-state index is -4.94. The van der Waals surface area contributed by atoms with Crippen molar-refractivity contribution < 1.29 is 97.4 Å². The average molecular weight is 344 g/mol. The Morgan fingerprint density at radius 2 is 0.462 bits per heavy atom. The monoisotopic (exact) mass is 342 g/mol. The van der Waals surface area contributed by atoms with E-state index in [0.29, 0.717) is 0 Å². The van der Waals surface area contributed by atoms with E-state index in [1.165, 1.54) is 0 Å². The molecule has 0 saturated heterocycles. The summed E-state index contributed by atoms with van der Waals surface area (Å²) in [4.78, 5) is 0. The summed E-state index contributed by atoms with van der Waals surface area (Å²) in [5.74, 6) is 0. The van der Waals surface area contributed by atoms with E-state index in [-0.39, 0.29) is 39.6 Å². The minimum absolute atomic E-state index is 0. The molecule has 90 valence electrons. The zero-order valence-corrected chi connectivity index (χ0v) is 8.52. The molecule has 9 nitrogen and oxygen atoms in total. The molecule has 0 aromatic heterocycles. The molecule has 0 aliphatic heterocycles. The van der Waals surface area contributed by atoms with E-state index in [0.717, 1.165) is 0 Å². The molecule has 0 fully saturated rings. The van der Waals surface area contributed by atoms with Gasteiger partial charge in [-0.25, -0.2) is 37.3 Å². The fraction of sp³-hybridized carbons (Fsp3) is 0. The van der Waals surface area contributed by atoms with Crippen LogP contribution in [0.15, 0.2) is 0 Å². The SMILES string of the molecule is O.[Cu+2].[Cu+2].[O-][Cl+3]([O-])([O-])[O-].[O-][Cl+3]([O-])([O-])[O-]. The van der Waals surface area contributed by atoms with Crippen molar-refractivity contribution in [1.29, 1.82) is 0 Å². The fourth-order valence-corrected chi connectivity index (χ4v) is 0. The van der Waals surface area contributed by atoms with Crippen LogP contribution in [0.2, 0.25) is 0 Å². The smallest absolute Gasteiger partial charge is 0.412 e. The number of hydrogen-bond acceptors (Lipinski definition) is 8. The predicted molar refractivity (Wildman–Crippen MR) is 3.61 cm³/mol. The van der Waals surface area contributed by atoms with Crippen LogP contribution >= 0.6 is 0 Å².